The zero-order chi connectivity index (χ0) is 13.8. The highest BCUT2D eigenvalue weighted by Gasteiger charge is 2.08. The van der Waals surface area contributed by atoms with E-state index in [0.717, 1.165) is 17.0 Å². The number of carbonyl (C=O) groups is 1. The van der Waals surface area contributed by atoms with Gasteiger partial charge in [-0.1, -0.05) is 12.1 Å². The molecule has 2 aromatic rings. The molecule has 2 N–H and O–H groups in total. The van der Waals surface area contributed by atoms with Crippen molar-refractivity contribution < 1.29 is 14.6 Å². The molecule has 1 aromatic carbocycles. The molecule has 1 heterocycles. The van der Waals surface area contributed by atoms with Crippen LogP contribution >= 0.6 is 0 Å². The van der Waals surface area contributed by atoms with Crippen molar-refractivity contribution >= 4 is 5.97 Å². The fourth-order valence-electron chi connectivity index (χ4n) is 1.75. The minimum Gasteiger partial charge on any atom is -0.493 e. The van der Waals surface area contributed by atoms with Gasteiger partial charge in [0.1, 0.15) is 5.75 Å². The number of ether oxygens (including phenoxy) is 1. The average Bonchev–Trinajstić information content (AvgIpc) is 2.83. The third-order valence-corrected chi connectivity index (χ3v) is 3.03. The molecule has 100 valence electrons. The third kappa shape index (κ3) is 3.13. The Morgan fingerprint density at radius 3 is 2.89 bits per heavy atom. The maximum atomic E-state index is 10.7. The maximum absolute atomic E-state index is 10.7. The zero-order valence-corrected chi connectivity index (χ0v) is 10.9. The van der Waals surface area contributed by atoms with E-state index in [-0.39, 0.29) is 5.69 Å². The Kier molecular flexibility index (Phi) is 3.85. The van der Waals surface area contributed by atoms with Crippen molar-refractivity contribution in [3.63, 3.8) is 0 Å². The second-order valence-electron chi connectivity index (χ2n) is 4.38. The Hall–Kier alpha value is -2.30. The molecule has 0 saturated carbocycles. The summed E-state index contributed by atoms with van der Waals surface area (Å²) in [7, 11) is 0. The van der Waals surface area contributed by atoms with Gasteiger partial charge in [0, 0.05) is 12.1 Å². The molecule has 0 radical (unpaired) electrons. The molecule has 0 spiro atoms. The highest BCUT2D eigenvalue weighted by atomic mass is 16.5. The van der Waals surface area contributed by atoms with Gasteiger partial charge in [-0.2, -0.15) is 5.10 Å². The predicted octanol–water partition coefficient (Wildman–Crippen LogP) is 2.35. The number of hydrogen-bond donors (Lipinski definition) is 2. The SMILES string of the molecule is Cc1cccc(OCCc2cc(C(=O)O)n[nH]2)c1C. The molecule has 0 fully saturated rings. The number of rotatable bonds is 5. The summed E-state index contributed by atoms with van der Waals surface area (Å²) in [5.74, 6) is -0.170. The van der Waals surface area contributed by atoms with Gasteiger partial charge in [-0.25, -0.2) is 4.79 Å². The van der Waals surface area contributed by atoms with Crippen LogP contribution in [0.2, 0.25) is 0 Å². The standard InChI is InChI=1S/C14H16N2O3/c1-9-4-3-5-13(10(9)2)19-7-6-11-8-12(14(17)18)16-15-11/h3-5,8H,6-7H2,1-2H3,(H,15,16)(H,17,18). The second-order valence-corrected chi connectivity index (χ2v) is 4.38. The van der Waals surface area contributed by atoms with Crippen LogP contribution in [0.25, 0.3) is 0 Å². The van der Waals surface area contributed by atoms with Gasteiger partial charge in [0.25, 0.3) is 0 Å². The number of nitrogens with one attached hydrogen (secondary N) is 1. The van der Waals surface area contributed by atoms with E-state index in [1.165, 1.54) is 11.6 Å². The summed E-state index contributed by atoms with van der Waals surface area (Å²) in [6.07, 6.45) is 0.591. The molecule has 1 aromatic heterocycles. The van der Waals surface area contributed by atoms with E-state index in [2.05, 4.69) is 10.2 Å². The van der Waals surface area contributed by atoms with Crippen molar-refractivity contribution in [3.8, 4) is 5.75 Å². The van der Waals surface area contributed by atoms with E-state index in [9.17, 15) is 4.79 Å². The number of aromatic amines is 1. The first-order valence-corrected chi connectivity index (χ1v) is 6.04. The van der Waals surface area contributed by atoms with Crippen molar-refractivity contribution in [1.82, 2.24) is 10.2 Å². The fraction of sp³-hybridized carbons (Fsp3) is 0.286. The molecule has 0 aliphatic carbocycles. The van der Waals surface area contributed by atoms with Crippen LogP contribution in [0.5, 0.6) is 5.75 Å². The third-order valence-electron chi connectivity index (χ3n) is 3.03. The van der Waals surface area contributed by atoms with Crippen LogP contribution in [-0.4, -0.2) is 27.9 Å². The summed E-state index contributed by atoms with van der Waals surface area (Å²) in [4.78, 5) is 10.7. The lowest BCUT2D eigenvalue weighted by Gasteiger charge is -2.10. The molecule has 0 saturated heterocycles. The van der Waals surface area contributed by atoms with Crippen LogP contribution in [0.15, 0.2) is 24.3 Å². The van der Waals surface area contributed by atoms with Gasteiger partial charge in [-0.05, 0) is 37.1 Å². The Bertz CT molecular complexity index is 590. The number of hydrogen-bond acceptors (Lipinski definition) is 3. The maximum Gasteiger partial charge on any atom is 0.356 e. The molecular formula is C14H16N2O3. The Morgan fingerprint density at radius 1 is 1.42 bits per heavy atom. The molecule has 2 rings (SSSR count). The molecule has 0 amide bonds. The smallest absolute Gasteiger partial charge is 0.356 e. The zero-order valence-electron chi connectivity index (χ0n) is 10.9. The summed E-state index contributed by atoms with van der Waals surface area (Å²) in [5.41, 5.74) is 3.09. The van der Waals surface area contributed by atoms with Crippen molar-refractivity contribution in [2.45, 2.75) is 20.3 Å². The van der Waals surface area contributed by atoms with E-state index in [0.29, 0.717) is 13.0 Å². The molecule has 0 unspecified atom stereocenters. The number of aromatic carboxylic acids is 1. The van der Waals surface area contributed by atoms with Gasteiger partial charge in [0.05, 0.1) is 6.61 Å². The van der Waals surface area contributed by atoms with Gasteiger partial charge in [0.15, 0.2) is 5.69 Å². The van der Waals surface area contributed by atoms with Crippen LogP contribution in [0, 0.1) is 13.8 Å². The summed E-state index contributed by atoms with van der Waals surface area (Å²) >= 11 is 0. The summed E-state index contributed by atoms with van der Waals surface area (Å²) in [6, 6.07) is 7.44. The first kappa shape index (κ1) is 13.1. The molecule has 0 aliphatic heterocycles. The lowest BCUT2D eigenvalue weighted by Crippen LogP contribution is -2.03. The number of carboxylic acids is 1. The highest BCUT2D eigenvalue weighted by molar-refractivity contribution is 5.85. The lowest BCUT2D eigenvalue weighted by molar-refractivity contribution is 0.0690. The van der Waals surface area contributed by atoms with Crippen molar-refractivity contribution in [3.05, 3.63) is 46.8 Å². The number of benzene rings is 1. The van der Waals surface area contributed by atoms with Crippen LogP contribution in [0.1, 0.15) is 27.3 Å². The minimum atomic E-state index is -1.03. The Labute approximate surface area is 111 Å². The van der Waals surface area contributed by atoms with Gasteiger partial charge in [-0.3, -0.25) is 5.10 Å². The van der Waals surface area contributed by atoms with E-state index in [4.69, 9.17) is 9.84 Å². The van der Waals surface area contributed by atoms with Crippen molar-refractivity contribution in [1.29, 1.82) is 0 Å². The van der Waals surface area contributed by atoms with Crippen molar-refractivity contribution in [2.75, 3.05) is 6.61 Å². The lowest BCUT2D eigenvalue weighted by atomic mass is 10.1. The van der Waals surface area contributed by atoms with Crippen LogP contribution < -0.4 is 4.74 Å². The van der Waals surface area contributed by atoms with E-state index < -0.39 is 5.97 Å². The van der Waals surface area contributed by atoms with Crippen LogP contribution in [0.4, 0.5) is 0 Å². The first-order chi connectivity index (χ1) is 9.08. The molecule has 19 heavy (non-hydrogen) atoms. The molecular weight excluding hydrogens is 244 g/mol. The quantitative estimate of drug-likeness (QED) is 0.865. The van der Waals surface area contributed by atoms with Crippen LogP contribution in [0.3, 0.4) is 0 Å². The molecule has 5 nitrogen and oxygen atoms in total. The molecule has 0 atom stereocenters. The summed E-state index contributed by atoms with van der Waals surface area (Å²) < 4.78 is 5.70. The predicted molar refractivity (Wildman–Crippen MR) is 70.7 cm³/mol. The number of aryl methyl sites for hydroxylation is 1. The summed E-state index contributed by atoms with van der Waals surface area (Å²) in [6.45, 7) is 4.53. The first-order valence-electron chi connectivity index (χ1n) is 6.04. The monoisotopic (exact) mass is 260 g/mol. The van der Waals surface area contributed by atoms with E-state index in [1.807, 2.05) is 32.0 Å². The van der Waals surface area contributed by atoms with Crippen molar-refractivity contribution in [2.24, 2.45) is 0 Å². The number of aromatic nitrogens is 2. The number of H-pyrrole nitrogens is 1. The molecule has 0 aliphatic rings. The highest BCUT2D eigenvalue weighted by Crippen LogP contribution is 2.20. The van der Waals surface area contributed by atoms with Gasteiger partial charge in [0.2, 0.25) is 0 Å². The topological polar surface area (TPSA) is 75.2 Å². The second kappa shape index (κ2) is 5.56. The average molecular weight is 260 g/mol. The van der Waals surface area contributed by atoms with Crippen LogP contribution in [-0.2, 0) is 6.42 Å². The fourth-order valence-corrected chi connectivity index (χ4v) is 1.75. The Balaban J connectivity index is 1.92. The van der Waals surface area contributed by atoms with Gasteiger partial charge in [-0.15, -0.1) is 0 Å². The molecule has 0 bridgehead atoms. The van der Waals surface area contributed by atoms with E-state index in [1.54, 1.807) is 0 Å². The minimum absolute atomic E-state index is 0.0294. The van der Waals surface area contributed by atoms with Gasteiger partial charge >= 0.3 is 5.97 Å². The van der Waals surface area contributed by atoms with E-state index >= 15 is 0 Å². The summed E-state index contributed by atoms with van der Waals surface area (Å²) in [5, 5.41) is 15.1. The number of carboxylic acid groups (broad SMARTS) is 1. The normalized spacial score (nSPS) is 10.4. The molecule has 5 heteroatoms. The van der Waals surface area contributed by atoms with Gasteiger partial charge < -0.3 is 9.84 Å². The Morgan fingerprint density at radius 2 is 2.21 bits per heavy atom. The largest absolute Gasteiger partial charge is 0.493 e. The number of nitrogens with zero attached hydrogens (tertiary/aromatic N) is 1.